The van der Waals surface area contributed by atoms with Crippen molar-refractivity contribution in [2.75, 3.05) is 0 Å². The Kier molecular flexibility index (Phi) is 4.40. The maximum absolute atomic E-state index is 5.23. The first-order valence-electron chi connectivity index (χ1n) is 0.939. The van der Waals surface area contributed by atoms with Gasteiger partial charge in [0.1, 0.15) is 0 Å². The molecular formula is CH3ClSi2. The summed E-state index contributed by atoms with van der Waals surface area (Å²) in [5.41, 5.74) is 0. The molecule has 0 bridgehead atoms. The third kappa shape index (κ3) is 2.72. The van der Waals surface area contributed by atoms with Crippen LogP contribution in [-0.2, 0) is 0 Å². The minimum absolute atomic E-state index is 0.640. The molecule has 22 valence electrons. The lowest BCUT2D eigenvalue weighted by Crippen LogP contribution is -1.83. The van der Waals surface area contributed by atoms with Crippen LogP contribution >= 0.6 is 11.1 Å². The van der Waals surface area contributed by atoms with E-state index in [0.717, 1.165) is 9.04 Å². The van der Waals surface area contributed by atoms with Gasteiger partial charge in [0.05, 0.1) is 0 Å². The first kappa shape index (κ1) is 4.72. The second kappa shape index (κ2) is 3.72. The summed E-state index contributed by atoms with van der Waals surface area (Å²) >= 11 is 5.23. The molecule has 0 saturated heterocycles. The lowest BCUT2D eigenvalue weighted by molar-refractivity contribution is 2.37. The van der Waals surface area contributed by atoms with Crippen molar-refractivity contribution in [2.24, 2.45) is 0 Å². The molecule has 0 aliphatic carbocycles. The summed E-state index contributed by atoms with van der Waals surface area (Å²) in [6.45, 7) is 2.09. The quantitative estimate of drug-likeness (QED) is 0.338. The van der Waals surface area contributed by atoms with Crippen LogP contribution in [0.2, 0.25) is 6.55 Å². The molecule has 0 spiro atoms. The van der Waals surface area contributed by atoms with Gasteiger partial charge in [0.15, 0.2) is 8.35 Å². The highest BCUT2D eigenvalue weighted by atomic mass is 35.6. The fourth-order valence-electron chi connectivity index (χ4n) is 0. The van der Waals surface area contributed by atoms with Crippen molar-refractivity contribution in [3.63, 3.8) is 0 Å². The number of rotatable bonds is 1. The zero-order valence-corrected chi connectivity index (χ0v) is 5.13. The lowest BCUT2D eigenvalue weighted by atomic mass is 11.9. The predicted molar refractivity (Wildman–Crippen MR) is 23.2 cm³/mol. The third-order valence-electron chi connectivity index (χ3n) is 0.0945. The number of halogens is 1. The van der Waals surface area contributed by atoms with Gasteiger partial charge in [-0.05, 0) is 0 Å². The van der Waals surface area contributed by atoms with Gasteiger partial charge >= 0.3 is 0 Å². The maximum atomic E-state index is 5.23. The van der Waals surface area contributed by atoms with E-state index in [4.69, 9.17) is 11.1 Å². The maximum Gasteiger partial charge on any atom is 0.151 e. The molecule has 4 radical (unpaired) electrons. The Hall–Kier alpha value is 0.724. The zero-order valence-electron chi connectivity index (χ0n) is 2.38. The molecule has 0 unspecified atom stereocenters. The van der Waals surface area contributed by atoms with Crippen molar-refractivity contribution in [1.82, 2.24) is 0 Å². The molecule has 0 aromatic heterocycles. The van der Waals surface area contributed by atoms with Gasteiger partial charge in [-0.25, -0.2) is 0 Å². The van der Waals surface area contributed by atoms with Crippen molar-refractivity contribution in [3.05, 3.63) is 0 Å². The van der Waals surface area contributed by atoms with Crippen molar-refractivity contribution in [3.8, 4) is 0 Å². The van der Waals surface area contributed by atoms with Crippen LogP contribution in [0, 0.1) is 0 Å². The Morgan fingerprint density at radius 2 is 2.00 bits per heavy atom. The minimum atomic E-state index is 0.640. The summed E-state index contributed by atoms with van der Waals surface area (Å²) in [6, 6.07) is 0. The van der Waals surface area contributed by atoms with Crippen molar-refractivity contribution in [1.29, 1.82) is 0 Å². The zero-order chi connectivity index (χ0) is 3.41. The topological polar surface area (TPSA) is 0 Å². The Bertz CT molecular complexity index is 8.00. The third-order valence-corrected chi connectivity index (χ3v) is 2.55. The van der Waals surface area contributed by atoms with E-state index in [0.29, 0.717) is 8.35 Å². The van der Waals surface area contributed by atoms with Gasteiger partial charge in [-0.2, -0.15) is 11.1 Å². The van der Waals surface area contributed by atoms with Crippen LogP contribution in [0.5, 0.6) is 0 Å². The molecule has 4 heavy (non-hydrogen) atoms. The van der Waals surface area contributed by atoms with Crippen LogP contribution < -0.4 is 0 Å². The summed E-state index contributed by atoms with van der Waals surface area (Å²) in [6.07, 6.45) is 0. The van der Waals surface area contributed by atoms with E-state index in [1.165, 1.54) is 0 Å². The highest BCUT2D eigenvalue weighted by Crippen LogP contribution is 1.57. The molecule has 0 N–H and O–H groups in total. The predicted octanol–water partition coefficient (Wildman–Crippen LogP) is 0.512. The van der Waals surface area contributed by atoms with E-state index >= 15 is 0 Å². The molecule has 3 heteroatoms. The smallest absolute Gasteiger partial charge is 0.151 e. The van der Waals surface area contributed by atoms with Gasteiger partial charge in [0, 0.05) is 9.04 Å². The van der Waals surface area contributed by atoms with E-state index in [9.17, 15) is 0 Å². The van der Waals surface area contributed by atoms with Gasteiger partial charge in [0.25, 0.3) is 0 Å². The van der Waals surface area contributed by atoms with Gasteiger partial charge in [-0.15, -0.1) is 0 Å². The SMILES string of the molecule is C[Si][Si]Cl. The summed E-state index contributed by atoms with van der Waals surface area (Å²) in [7, 11) is 1.57. The van der Waals surface area contributed by atoms with E-state index in [1.807, 2.05) is 0 Å². The van der Waals surface area contributed by atoms with Crippen molar-refractivity contribution < 1.29 is 0 Å². The Morgan fingerprint density at radius 1 is 1.75 bits per heavy atom. The van der Waals surface area contributed by atoms with Crippen LogP contribution in [0.3, 0.4) is 0 Å². The molecule has 0 rings (SSSR count). The summed E-state index contributed by atoms with van der Waals surface area (Å²) in [5.74, 6) is 0. The van der Waals surface area contributed by atoms with Crippen LogP contribution in [0.15, 0.2) is 0 Å². The van der Waals surface area contributed by atoms with Crippen molar-refractivity contribution in [2.45, 2.75) is 6.55 Å². The normalized spacial score (nSPS) is 7.50. The average molecular weight is 107 g/mol. The van der Waals surface area contributed by atoms with Gasteiger partial charge in [0.2, 0.25) is 0 Å². The largest absolute Gasteiger partial charge is 0.176 e. The molecule has 0 amide bonds. The van der Waals surface area contributed by atoms with E-state index in [2.05, 4.69) is 6.55 Å². The van der Waals surface area contributed by atoms with Crippen LogP contribution in [0.4, 0.5) is 0 Å². The fourth-order valence-corrected chi connectivity index (χ4v) is 0. The van der Waals surface area contributed by atoms with Crippen LogP contribution in [0.25, 0.3) is 0 Å². The Labute approximate surface area is 35.7 Å². The Balaban J connectivity index is 1.97. The minimum Gasteiger partial charge on any atom is -0.176 e. The summed E-state index contributed by atoms with van der Waals surface area (Å²) in [5, 5.41) is 0. The van der Waals surface area contributed by atoms with Gasteiger partial charge in [-0.1, -0.05) is 6.55 Å². The second-order valence-electron chi connectivity index (χ2n) is 0.344. The molecular weight excluding hydrogens is 104 g/mol. The van der Waals surface area contributed by atoms with Gasteiger partial charge in [-0.3, -0.25) is 0 Å². The van der Waals surface area contributed by atoms with E-state index < -0.39 is 0 Å². The molecule has 0 aliphatic rings. The molecule has 0 nitrogen and oxygen atoms in total. The van der Waals surface area contributed by atoms with Crippen LogP contribution in [-0.4, -0.2) is 17.4 Å². The summed E-state index contributed by atoms with van der Waals surface area (Å²) < 4.78 is 0. The van der Waals surface area contributed by atoms with E-state index in [1.54, 1.807) is 0 Å². The molecule has 0 atom stereocenters. The highest BCUT2D eigenvalue weighted by Gasteiger charge is 1.66. The standard InChI is InChI=1S/CH3ClSi2/c1-3-4-2/h1H3. The highest BCUT2D eigenvalue weighted by molar-refractivity contribution is 7.25. The summed E-state index contributed by atoms with van der Waals surface area (Å²) in [4.78, 5) is 0. The fraction of sp³-hybridized carbons (Fsp3) is 1.00. The molecule has 0 saturated carbocycles. The lowest BCUT2D eigenvalue weighted by Gasteiger charge is -1.59. The molecule has 0 aromatic carbocycles. The van der Waals surface area contributed by atoms with E-state index in [-0.39, 0.29) is 0 Å². The van der Waals surface area contributed by atoms with Crippen molar-refractivity contribution >= 4 is 28.5 Å². The molecule has 0 fully saturated rings. The first-order valence-corrected chi connectivity index (χ1v) is 5.45. The second-order valence-corrected chi connectivity index (χ2v) is 4.80. The number of hydrogen-bond acceptors (Lipinski definition) is 0. The number of hydrogen-bond donors (Lipinski definition) is 0. The average Bonchev–Trinajstić information content (AvgIpc) is 1.37. The molecule has 0 aromatic rings. The molecule has 0 heterocycles. The molecule has 0 aliphatic heterocycles. The van der Waals surface area contributed by atoms with Crippen LogP contribution in [0.1, 0.15) is 0 Å². The monoisotopic (exact) mass is 106 g/mol. The Morgan fingerprint density at radius 3 is 2.00 bits per heavy atom. The van der Waals surface area contributed by atoms with Gasteiger partial charge < -0.3 is 0 Å². The first-order chi connectivity index (χ1) is 1.91.